The van der Waals surface area contributed by atoms with E-state index in [1.165, 1.54) is 24.3 Å². The number of rotatable bonds is 2. The van der Waals surface area contributed by atoms with E-state index in [-0.39, 0.29) is 50.1 Å². The molecule has 0 unspecified atom stereocenters. The predicted molar refractivity (Wildman–Crippen MR) is 70.7 cm³/mol. The zero-order chi connectivity index (χ0) is 13.6. The van der Waals surface area contributed by atoms with Crippen molar-refractivity contribution in [3.63, 3.8) is 0 Å². The van der Waals surface area contributed by atoms with Crippen LogP contribution in [0.1, 0.15) is 0 Å². The molecule has 2 rings (SSSR count). The molecule has 0 atom stereocenters. The van der Waals surface area contributed by atoms with Crippen molar-refractivity contribution in [1.82, 2.24) is 0 Å². The zero-order valence-electron chi connectivity index (χ0n) is 8.81. The van der Waals surface area contributed by atoms with E-state index in [2.05, 4.69) is 0 Å². The third-order valence-electron chi connectivity index (χ3n) is 2.39. The van der Waals surface area contributed by atoms with E-state index in [0.29, 0.717) is 0 Å². The maximum absolute atomic E-state index is 11.1. The molecule has 0 aromatic heterocycles. The van der Waals surface area contributed by atoms with Crippen molar-refractivity contribution in [2.24, 2.45) is 0 Å². The summed E-state index contributed by atoms with van der Waals surface area (Å²) < 4.78 is 62.0. The molecule has 19 heavy (non-hydrogen) atoms. The summed E-state index contributed by atoms with van der Waals surface area (Å²) in [6, 6.07) is 7.43. The summed E-state index contributed by atoms with van der Waals surface area (Å²) in [5.74, 6) is 0. The quantitative estimate of drug-likeness (QED) is 0.623. The molecule has 0 aliphatic heterocycles. The topological polar surface area (TPSA) is 109 Å². The molecule has 0 aliphatic carbocycles. The van der Waals surface area contributed by atoms with Crippen molar-refractivity contribution in [3.05, 3.63) is 36.4 Å². The monoisotopic (exact) mass is 312 g/mol. The number of hydrogen-bond donors (Lipinski definition) is 2. The fraction of sp³-hybridized carbons (Fsp3) is 0. The normalized spacial score (nSPS) is 12.1. The summed E-state index contributed by atoms with van der Waals surface area (Å²) in [4.78, 5) is -0.663. The van der Waals surface area contributed by atoms with Crippen LogP contribution in [0.2, 0.25) is 0 Å². The van der Waals surface area contributed by atoms with Gasteiger partial charge in [0.05, 0.1) is 4.90 Å². The van der Waals surface area contributed by atoms with Gasteiger partial charge in [0, 0.05) is 5.39 Å². The number of fused-ring (bicyclic) bond motifs is 1. The average molecular weight is 312 g/mol. The van der Waals surface area contributed by atoms with Crippen molar-refractivity contribution < 1.29 is 25.9 Å². The Morgan fingerprint density at radius 1 is 0.842 bits per heavy atom. The SMILES string of the molecule is O=S(=O)(O)c1ccc2c(S(=O)(=O)O)cccc2c1.[NaH]. The van der Waals surface area contributed by atoms with E-state index in [1.54, 1.807) is 0 Å². The fourth-order valence-corrected chi connectivity index (χ4v) is 2.85. The molecule has 0 fully saturated rings. The second-order valence-electron chi connectivity index (χ2n) is 3.59. The van der Waals surface area contributed by atoms with Gasteiger partial charge in [-0.2, -0.15) is 16.8 Å². The molecule has 0 aliphatic rings. The Kier molecular flexibility index (Phi) is 4.79. The van der Waals surface area contributed by atoms with E-state index < -0.39 is 20.2 Å². The molecule has 2 aromatic rings. The summed E-state index contributed by atoms with van der Waals surface area (Å²) in [7, 11) is -8.74. The first-order valence-corrected chi connectivity index (χ1v) is 7.55. The maximum atomic E-state index is 11.1. The fourth-order valence-electron chi connectivity index (χ4n) is 1.62. The van der Waals surface area contributed by atoms with Crippen molar-refractivity contribution in [1.29, 1.82) is 0 Å². The van der Waals surface area contributed by atoms with Crippen LogP contribution in [0.15, 0.2) is 46.2 Å². The van der Waals surface area contributed by atoms with Crippen LogP contribution >= 0.6 is 0 Å². The summed E-state index contributed by atoms with van der Waals surface area (Å²) in [6.07, 6.45) is 0. The van der Waals surface area contributed by atoms with E-state index in [0.717, 1.165) is 12.1 Å². The minimum atomic E-state index is -4.39. The van der Waals surface area contributed by atoms with E-state index in [9.17, 15) is 16.8 Å². The first-order valence-electron chi connectivity index (χ1n) is 4.67. The zero-order valence-corrected chi connectivity index (χ0v) is 10.4. The molecular weight excluding hydrogens is 303 g/mol. The van der Waals surface area contributed by atoms with Crippen molar-refractivity contribution in [3.8, 4) is 0 Å². The van der Waals surface area contributed by atoms with Crippen LogP contribution in [-0.4, -0.2) is 55.5 Å². The Bertz CT molecular complexity index is 826. The first-order chi connectivity index (χ1) is 8.19. The molecule has 0 heterocycles. The van der Waals surface area contributed by atoms with Gasteiger partial charge >= 0.3 is 29.6 Å². The number of hydrogen-bond acceptors (Lipinski definition) is 4. The third-order valence-corrected chi connectivity index (χ3v) is 4.15. The molecule has 9 heteroatoms. The van der Waals surface area contributed by atoms with Gasteiger partial charge in [0.15, 0.2) is 0 Å². The van der Waals surface area contributed by atoms with Crippen LogP contribution in [0.3, 0.4) is 0 Å². The first kappa shape index (κ1) is 16.6. The standard InChI is InChI=1S/C10H8O6S2.Na.H/c11-17(12,13)8-4-5-9-7(6-8)2-1-3-10(9)18(14,15)16;;/h1-6H,(H,11,12,13)(H,14,15,16);;. The molecule has 98 valence electrons. The van der Waals surface area contributed by atoms with Crippen molar-refractivity contribution in [2.45, 2.75) is 9.79 Å². The number of benzene rings is 2. The van der Waals surface area contributed by atoms with Gasteiger partial charge in [-0.05, 0) is 23.6 Å². The van der Waals surface area contributed by atoms with Crippen molar-refractivity contribution >= 4 is 60.6 Å². The Hall–Kier alpha value is -0.480. The molecule has 0 radical (unpaired) electrons. The van der Waals surface area contributed by atoms with Gasteiger partial charge < -0.3 is 0 Å². The Morgan fingerprint density at radius 2 is 1.47 bits per heavy atom. The second kappa shape index (κ2) is 5.49. The van der Waals surface area contributed by atoms with Gasteiger partial charge in [0.2, 0.25) is 0 Å². The van der Waals surface area contributed by atoms with Crippen LogP contribution in [0.25, 0.3) is 10.8 Å². The van der Waals surface area contributed by atoms with Crippen LogP contribution in [0, 0.1) is 0 Å². The molecule has 0 bridgehead atoms. The minimum absolute atomic E-state index is 0. The van der Waals surface area contributed by atoms with Gasteiger partial charge in [-0.15, -0.1) is 0 Å². The van der Waals surface area contributed by atoms with Gasteiger partial charge in [-0.1, -0.05) is 18.2 Å². The molecule has 2 aromatic carbocycles. The molecule has 6 nitrogen and oxygen atoms in total. The molecule has 0 saturated heterocycles. The molecule has 0 amide bonds. The van der Waals surface area contributed by atoms with Crippen LogP contribution < -0.4 is 0 Å². The molecule has 0 spiro atoms. The van der Waals surface area contributed by atoms with Gasteiger partial charge in [-0.25, -0.2) is 0 Å². The van der Waals surface area contributed by atoms with Gasteiger partial charge in [0.1, 0.15) is 4.90 Å². The molecular formula is C10H9NaO6S2. The Balaban J connectivity index is 0.00000180. The summed E-state index contributed by atoms with van der Waals surface area (Å²) >= 11 is 0. The average Bonchev–Trinajstić information content (AvgIpc) is 2.25. The van der Waals surface area contributed by atoms with E-state index in [1.807, 2.05) is 0 Å². The van der Waals surface area contributed by atoms with Crippen molar-refractivity contribution in [2.75, 3.05) is 0 Å². The molecule has 0 saturated carbocycles. The second-order valence-corrected chi connectivity index (χ2v) is 6.40. The van der Waals surface area contributed by atoms with Gasteiger partial charge in [-0.3, -0.25) is 9.11 Å². The van der Waals surface area contributed by atoms with E-state index in [4.69, 9.17) is 9.11 Å². The van der Waals surface area contributed by atoms with Crippen LogP contribution in [-0.2, 0) is 20.2 Å². The summed E-state index contributed by atoms with van der Waals surface area (Å²) in [5.41, 5.74) is 0. The molecule has 2 N–H and O–H groups in total. The third kappa shape index (κ3) is 3.54. The Labute approximate surface area is 132 Å². The Morgan fingerprint density at radius 3 is 2.00 bits per heavy atom. The van der Waals surface area contributed by atoms with Gasteiger partial charge in [0.25, 0.3) is 20.2 Å². The summed E-state index contributed by atoms with van der Waals surface area (Å²) in [5, 5.41) is 0.452. The van der Waals surface area contributed by atoms with E-state index >= 15 is 0 Å². The predicted octanol–water partition coefficient (Wildman–Crippen LogP) is 0.685. The van der Waals surface area contributed by atoms with Crippen LogP contribution in [0.5, 0.6) is 0 Å². The summed E-state index contributed by atoms with van der Waals surface area (Å²) in [6.45, 7) is 0. The van der Waals surface area contributed by atoms with Crippen LogP contribution in [0.4, 0.5) is 0 Å².